The van der Waals surface area contributed by atoms with Crippen LogP contribution in [0.3, 0.4) is 0 Å². The highest BCUT2D eigenvalue weighted by Crippen LogP contribution is 2.19. The van der Waals surface area contributed by atoms with Gasteiger partial charge in [-0.2, -0.15) is 0 Å². The normalized spacial score (nSPS) is 10.9. The topological polar surface area (TPSA) is 21.3 Å². The van der Waals surface area contributed by atoms with Crippen molar-refractivity contribution in [2.45, 2.75) is 26.7 Å². The molecule has 0 radical (unpaired) electrons. The monoisotopic (exact) mass is 233 g/mol. The molecule has 0 heterocycles. The van der Waals surface area contributed by atoms with Gasteiger partial charge in [0.15, 0.2) is 0 Å². The van der Waals surface area contributed by atoms with Crippen LogP contribution in [0.15, 0.2) is 30.3 Å². The molecule has 2 nitrogen and oxygen atoms in total. The summed E-state index contributed by atoms with van der Waals surface area (Å²) in [4.78, 5) is 0. The molecule has 1 aromatic rings. The highest BCUT2D eigenvalue weighted by Gasteiger charge is 1.97. The van der Waals surface area contributed by atoms with E-state index in [0.29, 0.717) is 0 Å². The number of nitrogens with one attached hydrogen (secondary N) is 1. The van der Waals surface area contributed by atoms with Crippen molar-refractivity contribution < 1.29 is 4.74 Å². The van der Waals surface area contributed by atoms with Crippen molar-refractivity contribution in [3.8, 4) is 5.75 Å². The molecule has 0 aliphatic carbocycles. The molecule has 0 aromatic heterocycles. The summed E-state index contributed by atoms with van der Waals surface area (Å²) in [7, 11) is 0. The first-order valence-electron chi connectivity index (χ1n) is 6.47. The Labute approximate surface area is 105 Å². The van der Waals surface area contributed by atoms with Gasteiger partial charge < -0.3 is 10.1 Å². The molecule has 1 rings (SSSR count). The third-order valence-corrected chi connectivity index (χ3v) is 2.42. The standard InChI is InChI=1S/C15H23NO/c1-3-13-17-15-11-6-5-9-14(15)10-7-8-12-16-4-2/h5-7,9-11,16H,3-4,8,12-13H2,1-2H3/b10-7+. The van der Waals surface area contributed by atoms with E-state index < -0.39 is 0 Å². The van der Waals surface area contributed by atoms with E-state index in [0.717, 1.165) is 43.9 Å². The summed E-state index contributed by atoms with van der Waals surface area (Å²) in [6, 6.07) is 8.18. The number of benzene rings is 1. The van der Waals surface area contributed by atoms with Gasteiger partial charge in [0.1, 0.15) is 5.75 Å². The molecule has 0 saturated carbocycles. The van der Waals surface area contributed by atoms with Crippen molar-refractivity contribution in [1.82, 2.24) is 5.32 Å². The molecule has 0 atom stereocenters. The van der Waals surface area contributed by atoms with Gasteiger partial charge in [-0.15, -0.1) is 0 Å². The van der Waals surface area contributed by atoms with Gasteiger partial charge in [0.25, 0.3) is 0 Å². The Morgan fingerprint density at radius 3 is 2.82 bits per heavy atom. The average Bonchev–Trinajstić information content (AvgIpc) is 2.37. The number of hydrogen-bond acceptors (Lipinski definition) is 2. The fourth-order valence-electron chi connectivity index (χ4n) is 1.53. The fourth-order valence-corrected chi connectivity index (χ4v) is 1.53. The molecule has 1 N–H and O–H groups in total. The summed E-state index contributed by atoms with van der Waals surface area (Å²) >= 11 is 0. The Morgan fingerprint density at radius 1 is 1.24 bits per heavy atom. The summed E-state index contributed by atoms with van der Waals surface area (Å²) in [5.74, 6) is 0.981. The van der Waals surface area contributed by atoms with Crippen molar-refractivity contribution in [2.75, 3.05) is 19.7 Å². The highest BCUT2D eigenvalue weighted by molar-refractivity contribution is 5.57. The van der Waals surface area contributed by atoms with Crippen LogP contribution in [0.5, 0.6) is 5.75 Å². The lowest BCUT2D eigenvalue weighted by atomic mass is 10.2. The second kappa shape index (κ2) is 8.82. The Morgan fingerprint density at radius 2 is 2.06 bits per heavy atom. The summed E-state index contributed by atoms with van der Waals surface area (Å²) in [5.41, 5.74) is 1.16. The number of ether oxygens (including phenoxy) is 1. The molecule has 0 fully saturated rings. The van der Waals surface area contributed by atoms with Crippen LogP contribution in [0.25, 0.3) is 6.08 Å². The van der Waals surface area contributed by atoms with E-state index in [1.54, 1.807) is 0 Å². The van der Waals surface area contributed by atoms with E-state index in [2.05, 4.69) is 37.4 Å². The second-order valence-electron chi connectivity index (χ2n) is 3.93. The van der Waals surface area contributed by atoms with Crippen LogP contribution in [-0.4, -0.2) is 19.7 Å². The molecule has 1 aromatic carbocycles. The van der Waals surface area contributed by atoms with Crippen LogP contribution >= 0.6 is 0 Å². The van der Waals surface area contributed by atoms with Crippen molar-refractivity contribution in [3.63, 3.8) is 0 Å². The van der Waals surface area contributed by atoms with Crippen LogP contribution in [0.2, 0.25) is 0 Å². The molecular weight excluding hydrogens is 210 g/mol. The Hall–Kier alpha value is -1.28. The molecule has 0 bridgehead atoms. The molecule has 0 amide bonds. The third-order valence-electron chi connectivity index (χ3n) is 2.42. The van der Waals surface area contributed by atoms with Gasteiger partial charge in [-0.05, 0) is 32.0 Å². The lowest BCUT2D eigenvalue weighted by Gasteiger charge is -2.07. The maximum Gasteiger partial charge on any atom is 0.126 e. The van der Waals surface area contributed by atoms with E-state index in [1.807, 2.05) is 18.2 Å². The first-order valence-corrected chi connectivity index (χ1v) is 6.47. The van der Waals surface area contributed by atoms with Crippen molar-refractivity contribution in [1.29, 1.82) is 0 Å². The smallest absolute Gasteiger partial charge is 0.126 e. The van der Waals surface area contributed by atoms with E-state index in [1.165, 1.54) is 0 Å². The summed E-state index contributed by atoms with van der Waals surface area (Å²) in [6.07, 6.45) is 6.42. The Kier molecular flexibility index (Phi) is 7.15. The van der Waals surface area contributed by atoms with Crippen LogP contribution < -0.4 is 10.1 Å². The van der Waals surface area contributed by atoms with Gasteiger partial charge in [0.05, 0.1) is 6.61 Å². The molecule has 17 heavy (non-hydrogen) atoms. The maximum atomic E-state index is 5.70. The van der Waals surface area contributed by atoms with Crippen LogP contribution in [0.4, 0.5) is 0 Å². The van der Waals surface area contributed by atoms with Crippen molar-refractivity contribution in [2.24, 2.45) is 0 Å². The number of hydrogen-bond donors (Lipinski definition) is 1. The molecule has 0 saturated heterocycles. The van der Waals surface area contributed by atoms with Gasteiger partial charge in [-0.25, -0.2) is 0 Å². The Bertz CT molecular complexity index is 333. The lowest BCUT2D eigenvalue weighted by Crippen LogP contribution is -2.12. The summed E-state index contributed by atoms with van der Waals surface area (Å²) in [5, 5.41) is 3.30. The van der Waals surface area contributed by atoms with Gasteiger partial charge in [-0.3, -0.25) is 0 Å². The van der Waals surface area contributed by atoms with Crippen LogP contribution in [0, 0.1) is 0 Å². The van der Waals surface area contributed by atoms with E-state index in [9.17, 15) is 0 Å². The highest BCUT2D eigenvalue weighted by atomic mass is 16.5. The average molecular weight is 233 g/mol. The van der Waals surface area contributed by atoms with Crippen molar-refractivity contribution in [3.05, 3.63) is 35.9 Å². The molecular formula is C15H23NO. The van der Waals surface area contributed by atoms with Gasteiger partial charge in [0.2, 0.25) is 0 Å². The molecule has 0 aliphatic heterocycles. The molecule has 0 unspecified atom stereocenters. The largest absolute Gasteiger partial charge is 0.493 e. The van der Waals surface area contributed by atoms with E-state index >= 15 is 0 Å². The zero-order valence-corrected chi connectivity index (χ0v) is 10.9. The zero-order chi connectivity index (χ0) is 12.3. The predicted molar refractivity (Wildman–Crippen MR) is 74.4 cm³/mol. The van der Waals surface area contributed by atoms with Crippen LogP contribution in [-0.2, 0) is 0 Å². The van der Waals surface area contributed by atoms with Crippen LogP contribution in [0.1, 0.15) is 32.3 Å². The van der Waals surface area contributed by atoms with Gasteiger partial charge >= 0.3 is 0 Å². The van der Waals surface area contributed by atoms with E-state index in [4.69, 9.17) is 4.74 Å². The summed E-state index contributed by atoms with van der Waals surface area (Å²) in [6.45, 7) is 7.09. The maximum absolute atomic E-state index is 5.70. The predicted octanol–water partition coefficient (Wildman–Crippen LogP) is 3.49. The lowest BCUT2D eigenvalue weighted by molar-refractivity contribution is 0.317. The molecule has 0 aliphatic rings. The first kappa shape index (κ1) is 13.8. The minimum Gasteiger partial charge on any atom is -0.493 e. The number of rotatable bonds is 8. The number of para-hydroxylation sites is 1. The van der Waals surface area contributed by atoms with Gasteiger partial charge in [0, 0.05) is 5.56 Å². The second-order valence-corrected chi connectivity index (χ2v) is 3.93. The van der Waals surface area contributed by atoms with E-state index in [-0.39, 0.29) is 0 Å². The molecule has 94 valence electrons. The minimum atomic E-state index is 0.780. The fraction of sp³-hybridized carbons (Fsp3) is 0.467. The quantitative estimate of drug-likeness (QED) is 0.694. The zero-order valence-electron chi connectivity index (χ0n) is 10.9. The van der Waals surface area contributed by atoms with Crippen molar-refractivity contribution >= 4 is 6.08 Å². The van der Waals surface area contributed by atoms with Gasteiger partial charge in [-0.1, -0.05) is 44.2 Å². The molecule has 0 spiro atoms. The SMILES string of the molecule is CCCOc1ccccc1/C=C/CCNCC. The first-order chi connectivity index (χ1) is 8.38. The summed E-state index contributed by atoms with van der Waals surface area (Å²) < 4.78 is 5.70. The molecule has 2 heteroatoms. The third kappa shape index (κ3) is 5.55. The minimum absolute atomic E-state index is 0.780. The Balaban J connectivity index is 2.50.